The number of hydrogen-bond donors (Lipinski definition) is 3. The molecule has 3 aromatic heterocycles. The zero-order valence-electron chi connectivity index (χ0n) is 30.2. The summed E-state index contributed by atoms with van der Waals surface area (Å²) in [5.41, 5.74) is 7.84. The van der Waals surface area contributed by atoms with Crippen LogP contribution in [0, 0.1) is 18.8 Å². The lowest BCUT2D eigenvalue weighted by atomic mass is 10.0. The Morgan fingerprint density at radius 1 is 1.08 bits per heavy atom. The fourth-order valence-electron chi connectivity index (χ4n) is 7.26. The molecule has 3 N–H and O–H groups in total. The average Bonchev–Trinajstić information content (AvgIpc) is 3.80. The second-order valence-corrected chi connectivity index (χ2v) is 14.0. The number of aryl methyl sites for hydroxylation is 2. The second-order valence-electron chi connectivity index (χ2n) is 14.0. The topological polar surface area (TPSA) is 128 Å². The first kappa shape index (κ1) is 35.0. The quantitative estimate of drug-likeness (QED) is 0.0777. The zero-order chi connectivity index (χ0) is 36.2. The van der Waals surface area contributed by atoms with Crippen molar-refractivity contribution in [2.24, 2.45) is 0 Å². The van der Waals surface area contributed by atoms with Crippen LogP contribution in [0.4, 0.5) is 5.82 Å². The normalized spacial score (nSPS) is 15.7. The summed E-state index contributed by atoms with van der Waals surface area (Å²) in [6.45, 7) is 8.03. The number of aromatic nitrogens is 4. The monoisotopic (exact) mass is 698 g/mol. The van der Waals surface area contributed by atoms with Crippen LogP contribution in [0.15, 0.2) is 54.7 Å². The summed E-state index contributed by atoms with van der Waals surface area (Å²) in [6, 6.07) is 15.7. The van der Waals surface area contributed by atoms with Crippen LogP contribution in [-0.4, -0.2) is 66.9 Å². The van der Waals surface area contributed by atoms with E-state index in [0.29, 0.717) is 25.1 Å². The number of piperidine rings is 1. The number of carbonyl (C=O) groups excluding carboxylic acids is 3. The predicted molar refractivity (Wildman–Crippen MR) is 202 cm³/mol. The molecule has 52 heavy (non-hydrogen) atoms. The summed E-state index contributed by atoms with van der Waals surface area (Å²) < 4.78 is 2.10. The lowest BCUT2D eigenvalue weighted by Gasteiger charge is -2.29. The number of nitrogens with one attached hydrogen (secondary N) is 3. The summed E-state index contributed by atoms with van der Waals surface area (Å²) in [5, 5.41) is 13.0. The number of rotatable bonds is 13. The molecule has 1 unspecified atom stereocenters. The first-order valence-corrected chi connectivity index (χ1v) is 18.4. The summed E-state index contributed by atoms with van der Waals surface area (Å²) >= 11 is 0. The van der Waals surface area contributed by atoms with Crippen molar-refractivity contribution in [1.82, 2.24) is 34.9 Å². The molecule has 3 amide bonds. The van der Waals surface area contributed by atoms with Gasteiger partial charge in [-0.25, -0.2) is 4.98 Å². The molecular formula is C41H46N8O3. The highest BCUT2D eigenvalue weighted by atomic mass is 16.2. The van der Waals surface area contributed by atoms with Crippen LogP contribution in [0.1, 0.15) is 90.3 Å². The molecule has 5 heterocycles. The highest BCUT2D eigenvalue weighted by Crippen LogP contribution is 2.30. The summed E-state index contributed by atoms with van der Waals surface area (Å²) in [4.78, 5) is 49.3. The molecule has 7 rings (SSSR count). The van der Waals surface area contributed by atoms with Crippen LogP contribution >= 0.6 is 0 Å². The first-order chi connectivity index (χ1) is 25.3. The van der Waals surface area contributed by atoms with Crippen LogP contribution < -0.4 is 10.6 Å². The number of aromatic amines is 1. The van der Waals surface area contributed by atoms with Crippen LogP contribution in [0.5, 0.6) is 0 Å². The van der Waals surface area contributed by atoms with E-state index in [-0.39, 0.29) is 18.2 Å². The Labute approximate surface area is 304 Å². The van der Waals surface area contributed by atoms with Gasteiger partial charge in [0.1, 0.15) is 11.9 Å². The SMILES string of the molecule is CCCCN(C)Cc1cc2cnc(NCc3ccc4c(C)nn(CCCCC#Cc5cccc6c5CN(C5CCC(=O)NC5=O)C6=O)c4c3)cc2[nH]1. The van der Waals surface area contributed by atoms with Crippen molar-refractivity contribution in [3.05, 3.63) is 88.4 Å². The van der Waals surface area contributed by atoms with Gasteiger partial charge in [0.25, 0.3) is 5.91 Å². The molecule has 2 aromatic carbocycles. The van der Waals surface area contributed by atoms with Crippen molar-refractivity contribution in [3.8, 4) is 11.8 Å². The van der Waals surface area contributed by atoms with E-state index in [4.69, 9.17) is 5.10 Å². The minimum absolute atomic E-state index is 0.182. The van der Waals surface area contributed by atoms with Crippen molar-refractivity contribution >= 4 is 45.3 Å². The molecule has 0 radical (unpaired) electrons. The molecule has 0 aliphatic carbocycles. The molecule has 0 spiro atoms. The second kappa shape index (κ2) is 15.4. The van der Waals surface area contributed by atoms with Crippen LogP contribution in [0.2, 0.25) is 0 Å². The van der Waals surface area contributed by atoms with Crippen LogP contribution in [-0.2, 0) is 35.8 Å². The van der Waals surface area contributed by atoms with Gasteiger partial charge in [0.05, 0.1) is 16.7 Å². The molecule has 1 saturated heterocycles. The number of carbonyl (C=O) groups is 3. The molecule has 268 valence electrons. The van der Waals surface area contributed by atoms with E-state index in [1.54, 1.807) is 11.0 Å². The van der Waals surface area contributed by atoms with Gasteiger partial charge in [0.15, 0.2) is 0 Å². The van der Waals surface area contributed by atoms with E-state index in [2.05, 4.69) is 93.3 Å². The molecule has 0 saturated carbocycles. The fourth-order valence-corrected chi connectivity index (χ4v) is 7.26. The third kappa shape index (κ3) is 7.58. The molecule has 11 nitrogen and oxygen atoms in total. The summed E-state index contributed by atoms with van der Waals surface area (Å²) in [5.74, 6) is 6.54. The van der Waals surface area contributed by atoms with E-state index in [0.717, 1.165) is 88.9 Å². The van der Waals surface area contributed by atoms with Crippen LogP contribution in [0.3, 0.4) is 0 Å². The van der Waals surface area contributed by atoms with E-state index in [1.165, 1.54) is 18.5 Å². The van der Waals surface area contributed by atoms with Gasteiger partial charge in [-0.05, 0) is 81.6 Å². The van der Waals surface area contributed by atoms with Gasteiger partial charge in [0.2, 0.25) is 11.8 Å². The minimum atomic E-state index is -0.634. The van der Waals surface area contributed by atoms with E-state index in [1.807, 2.05) is 18.3 Å². The molecule has 11 heteroatoms. The third-order valence-corrected chi connectivity index (χ3v) is 10.1. The maximum atomic E-state index is 13.1. The Hall–Kier alpha value is -5.47. The average molecular weight is 699 g/mol. The molecule has 2 aliphatic rings. The lowest BCUT2D eigenvalue weighted by molar-refractivity contribution is -0.136. The maximum Gasteiger partial charge on any atom is 0.255 e. The molecule has 5 aromatic rings. The number of anilines is 1. The van der Waals surface area contributed by atoms with Crippen LogP contribution in [0.25, 0.3) is 21.8 Å². The Bertz CT molecular complexity index is 2210. The first-order valence-electron chi connectivity index (χ1n) is 18.4. The minimum Gasteiger partial charge on any atom is -0.366 e. The summed E-state index contributed by atoms with van der Waals surface area (Å²) in [7, 11) is 2.16. The number of imide groups is 1. The van der Waals surface area contributed by atoms with Crippen molar-refractivity contribution in [3.63, 3.8) is 0 Å². The van der Waals surface area contributed by atoms with E-state index < -0.39 is 11.9 Å². The lowest BCUT2D eigenvalue weighted by Crippen LogP contribution is -2.52. The number of benzene rings is 2. The van der Waals surface area contributed by atoms with Gasteiger partial charge in [0, 0.05) is 78.9 Å². The molecule has 2 aliphatic heterocycles. The van der Waals surface area contributed by atoms with Crippen molar-refractivity contribution < 1.29 is 14.4 Å². The van der Waals surface area contributed by atoms with Crippen molar-refractivity contribution in [2.75, 3.05) is 18.9 Å². The predicted octanol–water partition coefficient (Wildman–Crippen LogP) is 6.05. The van der Waals surface area contributed by atoms with Gasteiger partial charge in [-0.1, -0.05) is 43.4 Å². The van der Waals surface area contributed by atoms with E-state index in [9.17, 15) is 14.4 Å². The Balaban J connectivity index is 0.932. The fraction of sp³-hybridized carbons (Fsp3) is 0.390. The molecule has 0 bridgehead atoms. The van der Waals surface area contributed by atoms with Gasteiger partial charge in [-0.2, -0.15) is 5.10 Å². The standard InChI is InChI=1S/C41H46N8O3/c1-4-5-18-47(3)25-31-21-30-24-43-38(22-35(30)44-31)42-23-28-14-15-32-27(2)46-49(37(32)20-28)19-9-7-6-8-11-29-12-10-13-33-34(29)26-48(41(33)52)36-16-17-39(50)45-40(36)51/h10,12-15,20-22,24,36,44H,4-7,9,16-19,23,25-26H2,1-3H3,(H,42,43)(H,45,50,51). The molecule has 1 atom stereocenters. The number of pyridine rings is 1. The smallest absolute Gasteiger partial charge is 0.255 e. The maximum absolute atomic E-state index is 13.1. The number of H-pyrrole nitrogens is 1. The Morgan fingerprint density at radius 2 is 1.96 bits per heavy atom. The van der Waals surface area contributed by atoms with Crippen molar-refractivity contribution in [1.29, 1.82) is 0 Å². The number of nitrogens with zero attached hydrogens (tertiary/aromatic N) is 5. The van der Waals surface area contributed by atoms with Gasteiger partial charge in [-0.3, -0.25) is 24.4 Å². The largest absolute Gasteiger partial charge is 0.366 e. The number of fused-ring (bicyclic) bond motifs is 3. The summed E-state index contributed by atoms with van der Waals surface area (Å²) in [6.07, 6.45) is 7.47. The third-order valence-electron chi connectivity index (χ3n) is 10.1. The van der Waals surface area contributed by atoms with Gasteiger partial charge < -0.3 is 20.1 Å². The number of unbranched alkanes of at least 4 members (excludes halogenated alkanes) is 3. The zero-order valence-corrected chi connectivity index (χ0v) is 30.2. The number of amides is 3. The Morgan fingerprint density at radius 3 is 2.81 bits per heavy atom. The molecule has 1 fully saturated rings. The van der Waals surface area contributed by atoms with E-state index >= 15 is 0 Å². The van der Waals surface area contributed by atoms with Gasteiger partial charge >= 0.3 is 0 Å². The Kier molecular flexibility index (Phi) is 10.4. The van der Waals surface area contributed by atoms with Crippen molar-refractivity contribution in [2.45, 2.75) is 91.0 Å². The van der Waals surface area contributed by atoms with Gasteiger partial charge in [-0.15, -0.1) is 0 Å². The molecular weight excluding hydrogens is 653 g/mol. The highest BCUT2D eigenvalue weighted by Gasteiger charge is 2.39. The highest BCUT2D eigenvalue weighted by molar-refractivity contribution is 6.05. The number of hydrogen-bond acceptors (Lipinski definition) is 7.